The molecule has 0 saturated heterocycles. The fraction of sp³-hybridized carbons (Fsp3) is 0.186. The van der Waals surface area contributed by atoms with Crippen LogP contribution in [0.25, 0.3) is 65.6 Å². The van der Waals surface area contributed by atoms with Crippen LogP contribution in [0.4, 0.5) is 23.0 Å². The van der Waals surface area contributed by atoms with Crippen molar-refractivity contribution in [1.29, 1.82) is 10.5 Å². The number of benzene rings is 2. The first-order valence-corrected chi connectivity index (χ1v) is 18.5. The molecule has 6 N–H and O–H groups in total. The molecule has 2 saturated carbocycles. The summed E-state index contributed by atoms with van der Waals surface area (Å²) in [5.74, 6) is -0.290. The minimum atomic E-state index is -0.247. The first-order valence-electron chi connectivity index (χ1n) is 18.5. The molecule has 4 atom stereocenters. The second-order valence-corrected chi connectivity index (χ2v) is 14.8. The Bertz CT molecular complexity index is 2870. The molecule has 0 radical (unpaired) electrons. The second kappa shape index (κ2) is 14.0. The van der Waals surface area contributed by atoms with Crippen molar-refractivity contribution in [3.05, 3.63) is 92.0 Å². The zero-order chi connectivity index (χ0) is 40.2. The summed E-state index contributed by atoms with van der Waals surface area (Å²) in [5, 5.41) is 33.2. The average Bonchev–Trinajstić information content (AvgIpc) is 4.13. The number of aromatic nitrogens is 7. The number of nitrogens with zero attached hydrogens (tertiary/aromatic N) is 9. The van der Waals surface area contributed by atoms with Gasteiger partial charge in [-0.3, -0.25) is 24.2 Å². The Hall–Kier alpha value is -7.91. The number of nitrogens with two attached hydrogens (primary N) is 2. The third-order valence-electron chi connectivity index (χ3n) is 10.9. The minimum Gasteiger partial charge on any atom is -0.398 e. The van der Waals surface area contributed by atoms with Crippen LogP contribution in [-0.2, 0) is 23.7 Å². The molecule has 15 nitrogen and oxygen atoms in total. The van der Waals surface area contributed by atoms with Gasteiger partial charge in [-0.2, -0.15) is 15.6 Å². The second-order valence-electron chi connectivity index (χ2n) is 14.8. The zero-order valence-electron chi connectivity index (χ0n) is 31.4. The third-order valence-corrected chi connectivity index (χ3v) is 10.9. The van der Waals surface area contributed by atoms with E-state index in [1.54, 1.807) is 35.5 Å². The number of carbonyl (C=O) groups excluding carboxylic acids is 2. The molecule has 0 spiro atoms. The number of nitrogens with one attached hydrogen (secondary N) is 2. The molecule has 8 aromatic rings. The van der Waals surface area contributed by atoms with Crippen molar-refractivity contribution in [2.24, 2.45) is 37.8 Å². The first-order chi connectivity index (χ1) is 28.1. The fourth-order valence-electron chi connectivity index (χ4n) is 7.41. The van der Waals surface area contributed by atoms with Gasteiger partial charge in [0.2, 0.25) is 11.8 Å². The number of amides is 2. The van der Waals surface area contributed by atoms with Crippen LogP contribution in [0.2, 0.25) is 0 Å². The van der Waals surface area contributed by atoms with Crippen LogP contribution < -0.4 is 22.1 Å². The highest BCUT2D eigenvalue weighted by molar-refractivity contribution is 6.04. The highest BCUT2D eigenvalue weighted by Crippen LogP contribution is 2.40. The summed E-state index contributed by atoms with van der Waals surface area (Å²) in [6.07, 6.45) is 15.6. The van der Waals surface area contributed by atoms with Gasteiger partial charge in [0.05, 0.1) is 65.4 Å². The van der Waals surface area contributed by atoms with Crippen LogP contribution >= 0.6 is 0 Å². The number of pyridine rings is 4. The molecule has 58 heavy (non-hydrogen) atoms. The molecule has 2 aliphatic rings. The lowest BCUT2D eigenvalue weighted by Crippen LogP contribution is -2.15. The zero-order valence-corrected chi connectivity index (χ0v) is 31.4. The smallest absolute Gasteiger partial charge is 0.230 e. The van der Waals surface area contributed by atoms with E-state index in [1.807, 2.05) is 73.8 Å². The summed E-state index contributed by atoms with van der Waals surface area (Å²) in [5.41, 5.74) is 19.6. The van der Waals surface area contributed by atoms with E-state index in [0.717, 1.165) is 65.6 Å². The van der Waals surface area contributed by atoms with Crippen LogP contribution in [0.15, 0.2) is 92.0 Å². The number of hydrogen-bond acceptors (Lipinski definition) is 11. The predicted octanol–water partition coefficient (Wildman–Crippen LogP) is 6.33. The van der Waals surface area contributed by atoms with Crippen molar-refractivity contribution in [3.8, 4) is 34.4 Å². The van der Waals surface area contributed by atoms with Gasteiger partial charge in [0, 0.05) is 89.1 Å². The number of hydrogen-bond donors (Lipinski definition) is 4. The molecule has 2 aliphatic carbocycles. The topological polar surface area (TPSA) is 232 Å². The predicted molar refractivity (Wildman–Crippen MR) is 221 cm³/mol. The van der Waals surface area contributed by atoms with E-state index >= 15 is 0 Å². The van der Waals surface area contributed by atoms with E-state index in [0.29, 0.717) is 35.9 Å². The van der Waals surface area contributed by atoms with E-state index in [9.17, 15) is 9.59 Å². The van der Waals surface area contributed by atoms with Crippen LogP contribution in [-0.4, -0.2) is 46.1 Å². The van der Waals surface area contributed by atoms with Crippen molar-refractivity contribution in [3.63, 3.8) is 0 Å². The number of fused-ring (bicyclic) bond motifs is 4. The van der Waals surface area contributed by atoms with Gasteiger partial charge >= 0.3 is 0 Å². The third kappa shape index (κ3) is 6.50. The van der Waals surface area contributed by atoms with Gasteiger partial charge in [0.1, 0.15) is 11.6 Å². The van der Waals surface area contributed by atoms with Crippen molar-refractivity contribution >= 4 is 78.2 Å². The molecule has 0 aliphatic heterocycles. The molecule has 6 heterocycles. The molecule has 4 unspecified atom stereocenters. The summed E-state index contributed by atoms with van der Waals surface area (Å²) in [7, 11) is 3.86. The minimum absolute atomic E-state index is 0.161. The quantitative estimate of drug-likeness (QED) is 0.137. The van der Waals surface area contributed by atoms with Crippen molar-refractivity contribution in [2.45, 2.75) is 12.8 Å². The molecule has 15 heteroatoms. The van der Waals surface area contributed by atoms with E-state index in [1.165, 1.54) is 0 Å². The van der Waals surface area contributed by atoms with E-state index in [2.05, 4.69) is 53.9 Å². The number of anilines is 4. The molecular weight excluding hydrogens is 731 g/mol. The Morgan fingerprint density at radius 1 is 0.672 bits per heavy atom. The summed E-state index contributed by atoms with van der Waals surface area (Å²) in [6.45, 7) is 0. The standard InChI is InChI=1S/C22H18N6O.C21H17N7O/c1-28-3-2-15-17(9-25-11-20(15)28)12-4-13-7-21(26-10-18(13)19(24)6-12)27-22(29)16-5-14(16)8-23;1-28-19-10-24-7-15(17(19)9-26-28)11-2-12-5-20(25-8-16(12)18(23)4-11)27-21(29)14-3-13(14)6-22/h2-4,6-7,9-11,14,16H,5,24H2,1H3,(H,26,27,29);2,4-5,7-10,13-14H,3,23H2,1H3,(H,25,27,29). The Kier molecular flexibility index (Phi) is 8.63. The number of nitriles is 2. The van der Waals surface area contributed by atoms with Crippen LogP contribution in [0, 0.1) is 46.3 Å². The molecule has 0 bridgehead atoms. The normalized spacial score (nSPS) is 17.9. The van der Waals surface area contributed by atoms with Gasteiger partial charge in [-0.15, -0.1) is 0 Å². The summed E-state index contributed by atoms with van der Waals surface area (Å²) < 4.78 is 3.81. The Balaban J connectivity index is 0.000000150. The van der Waals surface area contributed by atoms with Gasteiger partial charge < -0.3 is 26.7 Å². The summed E-state index contributed by atoms with van der Waals surface area (Å²) in [4.78, 5) is 41.8. The van der Waals surface area contributed by atoms with Gasteiger partial charge in [0.25, 0.3) is 0 Å². The molecule has 284 valence electrons. The van der Waals surface area contributed by atoms with E-state index in [-0.39, 0.29) is 35.5 Å². The number of rotatable bonds is 6. The maximum atomic E-state index is 12.2. The highest BCUT2D eigenvalue weighted by Gasteiger charge is 2.44. The highest BCUT2D eigenvalue weighted by atomic mass is 16.2. The monoisotopic (exact) mass is 765 g/mol. The molecule has 6 aromatic heterocycles. The lowest BCUT2D eigenvalue weighted by atomic mass is 10.00. The van der Waals surface area contributed by atoms with E-state index < -0.39 is 0 Å². The molecular formula is C43H35N13O2. The molecule has 2 fully saturated rings. The maximum absolute atomic E-state index is 12.2. The number of aryl methyl sites for hydroxylation is 2. The number of carbonyl (C=O) groups is 2. The number of nitrogen functional groups attached to an aromatic ring is 2. The van der Waals surface area contributed by atoms with Crippen molar-refractivity contribution < 1.29 is 9.59 Å². The van der Waals surface area contributed by atoms with Gasteiger partial charge in [0.15, 0.2) is 0 Å². The maximum Gasteiger partial charge on any atom is 0.230 e. The van der Waals surface area contributed by atoms with Crippen molar-refractivity contribution in [2.75, 3.05) is 22.1 Å². The van der Waals surface area contributed by atoms with Crippen LogP contribution in [0.3, 0.4) is 0 Å². The van der Waals surface area contributed by atoms with Crippen LogP contribution in [0.5, 0.6) is 0 Å². The van der Waals surface area contributed by atoms with Gasteiger partial charge in [-0.25, -0.2) is 9.97 Å². The van der Waals surface area contributed by atoms with Crippen LogP contribution in [0.1, 0.15) is 12.8 Å². The lowest BCUT2D eigenvalue weighted by Gasteiger charge is -2.10. The fourth-order valence-corrected chi connectivity index (χ4v) is 7.41. The molecule has 2 amide bonds. The van der Waals surface area contributed by atoms with Crippen molar-refractivity contribution in [1.82, 2.24) is 34.3 Å². The van der Waals surface area contributed by atoms with Gasteiger partial charge in [-0.1, -0.05) is 0 Å². The Labute approximate surface area is 330 Å². The van der Waals surface area contributed by atoms with E-state index in [4.69, 9.17) is 22.0 Å². The first kappa shape index (κ1) is 35.8. The summed E-state index contributed by atoms with van der Waals surface area (Å²) in [6, 6.07) is 17.8. The largest absolute Gasteiger partial charge is 0.398 e. The SMILES string of the molecule is Cn1ccc2c(-c3cc(N)c4cnc(NC(=O)C5CC5C#N)cc4c3)cncc21.Cn1ncc2c(-c3cc(N)c4cnc(NC(=O)C5CC5C#N)cc4c3)cncc21. The lowest BCUT2D eigenvalue weighted by molar-refractivity contribution is -0.118. The Morgan fingerprint density at radius 2 is 1.19 bits per heavy atom. The Morgan fingerprint density at radius 3 is 1.71 bits per heavy atom. The summed E-state index contributed by atoms with van der Waals surface area (Å²) >= 11 is 0. The average molecular weight is 766 g/mol. The molecule has 2 aromatic carbocycles. The van der Waals surface area contributed by atoms with Gasteiger partial charge in [-0.05, 0) is 77.2 Å². The molecule has 10 rings (SSSR count).